The van der Waals surface area contributed by atoms with E-state index >= 15 is 0 Å². The number of benzene rings is 1. The van der Waals surface area contributed by atoms with Gasteiger partial charge in [0.15, 0.2) is 6.23 Å². The molecule has 32 nitrogen and oxygen atoms in total. The molecule has 16 N–H and O–H groups in total. The van der Waals surface area contributed by atoms with Gasteiger partial charge >= 0.3 is 22.7 Å². The number of nitrogens with two attached hydrogens (primary N) is 5. The third-order valence-electron chi connectivity index (χ3n) is 23.3. The maximum absolute atomic E-state index is 14.6. The average molecular weight is 1580 g/mol. The predicted molar refractivity (Wildman–Crippen MR) is 397 cm³/mol. The minimum Gasteiger partial charge on any atom is -0.756 e. The summed E-state index contributed by atoms with van der Waals surface area (Å²) in [5, 5.41) is 47.3. The molecule has 1 aromatic carbocycles. The van der Waals surface area contributed by atoms with Gasteiger partial charge < -0.3 is 95.0 Å². The number of phosphoric acid groups is 1. The number of aliphatic hydroxyl groups excluding tert-OH is 2. The molecular formula is C75H105CoN16O16P. The van der Waals surface area contributed by atoms with Gasteiger partial charge in [0.05, 0.1) is 53.9 Å². The monoisotopic (exact) mass is 1580 g/mol. The first-order valence-corrected chi connectivity index (χ1v) is 37.9. The molecule has 595 valence electrons. The number of aliphatic carboxylic acids is 1. The number of carboxylic acids is 1. The number of carbonyl (C=O) groups is 8. The number of imidazole rings is 1. The molecule has 8 bridgehead atoms. The van der Waals surface area contributed by atoms with Crippen LogP contribution in [0.3, 0.4) is 0 Å². The van der Waals surface area contributed by atoms with Crippen LogP contribution < -0.4 is 49.5 Å². The fraction of sp³-hybridized carbons (Fsp3) is 0.600. The second-order valence-corrected chi connectivity index (χ2v) is 32.4. The Morgan fingerprint density at radius 3 is 2.08 bits per heavy atom. The number of aryl methyl sites for hydroxylation is 2. The molecule has 2 fully saturated rings. The summed E-state index contributed by atoms with van der Waals surface area (Å²) in [4.78, 5) is 149. The Morgan fingerprint density at radius 2 is 1.47 bits per heavy atom. The summed E-state index contributed by atoms with van der Waals surface area (Å²) >= 11 is 0. The van der Waals surface area contributed by atoms with E-state index in [4.69, 9.17) is 69.3 Å². The molecule has 3 aromatic rings. The standard InChI is InChI=1S/C74H106N15O16P.CN.Co/c1-39-28-50-51(29-40(39)2)89(38-83-50)69-64(100)65(52(37-90)103-69)105-106(101,102)104-41(3)34-82-60(97)23-24-71(8)48(30-56(77)93)68-74(11)73(10,33-58(79)95)47(19-22-59(96)81-26-14-15-27-88(36-61(98)99)35-44-16-12-13-25-80-44)63(87-74)43(5)67-72(9,32-57(78)94)45(17-20-54(75)91)49(84-67)31-53-70(6,7)46(18-21-55(76)92)62(85-53)42(4)66(71)86-68;1-2;/h12-13,16,25,28-29,31,38,41,45-48,52,64-65,68-69,84,90,100H,14-15,17-24,26-27,30,32-37H2,1-11H3,(H2,75,91)(H2,76,92)(H2,77,93)(H2,78,94)(H2,79,95)(H,81,96)(H,82,97)(H,98,99)(H,101,102);;/q;-1;+2/p-1/b49-31-,62-42-,67-43-;;/t41-,45-,46-,47-,48+,52+,64-,65-,68-,69?,71-,72+,73+,74+;;/m1../s1. The van der Waals surface area contributed by atoms with E-state index in [1.54, 1.807) is 17.2 Å². The van der Waals surface area contributed by atoms with Crippen molar-refractivity contribution in [3.8, 4) is 0 Å². The number of aromatic nitrogens is 3. The zero-order valence-corrected chi connectivity index (χ0v) is 65.7. The summed E-state index contributed by atoms with van der Waals surface area (Å²) in [5.74, 6) is -8.21. The fourth-order valence-electron chi connectivity index (χ4n) is 17.3. The molecule has 1 radical (unpaired) electrons. The van der Waals surface area contributed by atoms with Gasteiger partial charge in [0, 0.05) is 150 Å². The molecule has 2 saturated heterocycles. The number of pyridine rings is 1. The van der Waals surface area contributed by atoms with Crippen molar-refractivity contribution in [2.24, 2.45) is 89.0 Å². The van der Waals surface area contributed by atoms with E-state index in [1.165, 1.54) is 17.8 Å². The SMILES string of the molecule is C/C1=C2N=C(/C=C3\N/C(=C(/C)C4=N[C@@](C)([C@@H]5N=C1[C@](C)(CCC(=O)NC[C@@H](C)OP(=O)([O-])O[C@@H]1[C@H](CO)OC(n6cnc7cc(C)c(C)cc76)[C@@H]1O)[C@H]5CC(N)=O)[C@@](C)(CC(N)=O)[C@@H]4CCC(=O)NCCCCN(CC(=O)O)Cc1ccccn1)[C@@](C)(CC(N)=O)[C@@H]3CCC(N)=O)C(C)(C)[C@@H]/2CCC(N)=O.[C-]#N.[Co+2]. The number of carbonyl (C=O) groups excluding carboxylic acids is 7. The summed E-state index contributed by atoms with van der Waals surface area (Å²) in [6.07, 6.45) is -2.21. The van der Waals surface area contributed by atoms with Gasteiger partial charge in [-0.2, -0.15) is 0 Å². The number of fused-ring (bicyclic) bond motifs is 7. The molecule has 34 heteroatoms. The van der Waals surface area contributed by atoms with Crippen molar-refractivity contribution in [1.29, 1.82) is 5.26 Å². The smallest absolute Gasteiger partial charge is 0.756 e. The molecule has 0 saturated carbocycles. The van der Waals surface area contributed by atoms with E-state index in [0.717, 1.165) is 11.1 Å². The molecule has 7 amide bonds. The normalized spacial score (nSPS) is 30.0. The topological polar surface area (TPSA) is 526 Å². The van der Waals surface area contributed by atoms with Crippen LogP contribution >= 0.6 is 7.82 Å². The second kappa shape index (κ2) is 35.7. The van der Waals surface area contributed by atoms with Crippen LogP contribution in [0.25, 0.3) is 11.0 Å². The van der Waals surface area contributed by atoms with Crippen molar-refractivity contribution >= 4 is 83.3 Å². The van der Waals surface area contributed by atoms with Gasteiger partial charge in [-0.1, -0.05) is 40.7 Å². The number of nitrogens with zero attached hydrogens (tertiary/aromatic N) is 8. The summed E-state index contributed by atoms with van der Waals surface area (Å²) < 4.78 is 32.1. The van der Waals surface area contributed by atoms with E-state index in [1.807, 2.05) is 99.6 Å². The number of carboxylic acid groups (broad SMARTS) is 1. The summed E-state index contributed by atoms with van der Waals surface area (Å²) in [6, 6.07) is 8.02. The number of rotatable bonds is 35. The summed E-state index contributed by atoms with van der Waals surface area (Å²) in [5.41, 5.74) is 32.1. The van der Waals surface area contributed by atoms with Crippen LogP contribution in [-0.2, 0) is 80.0 Å². The van der Waals surface area contributed by atoms with Crippen LogP contribution in [-0.4, -0.2) is 168 Å². The van der Waals surface area contributed by atoms with Crippen molar-refractivity contribution in [3.05, 3.63) is 101 Å². The van der Waals surface area contributed by atoms with Crippen LogP contribution in [0, 0.1) is 71.0 Å². The summed E-state index contributed by atoms with van der Waals surface area (Å²) in [6.45, 7) is 24.6. The molecule has 0 aliphatic carbocycles. The van der Waals surface area contributed by atoms with Crippen molar-refractivity contribution in [2.45, 2.75) is 208 Å². The Balaban J connectivity index is 0.00000546. The first-order chi connectivity index (χ1) is 50.7. The number of aliphatic hydroxyl groups is 2. The molecule has 2 unspecified atom stereocenters. The zero-order chi connectivity index (χ0) is 79.9. The first-order valence-electron chi connectivity index (χ1n) is 36.4. The molecule has 9 rings (SSSR count). The molecule has 8 heterocycles. The number of unbranched alkanes of at least 4 members (excludes halogenated alkanes) is 1. The van der Waals surface area contributed by atoms with Gasteiger partial charge in [-0.3, -0.25) is 67.8 Å². The molecule has 0 spiro atoms. The van der Waals surface area contributed by atoms with Gasteiger partial charge in [0.25, 0.3) is 7.82 Å². The minimum atomic E-state index is -5.35. The number of hydrogen-bond donors (Lipinski definition) is 11. The van der Waals surface area contributed by atoms with Crippen LogP contribution in [0.15, 0.2) is 92.1 Å². The van der Waals surface area contributed by atoms with Crippen LogP contribution in [0.4, 0.5) is 0 Å². The Hall–Kier alpha value is -8.42. The Labute approximate surface area is 645 Å². The number of phosphoric ester groups is 1. The Morgan fingerprint density at radius 1 is 0.826 bits per heavy atom. The van der Waals surface area contributed by atoms with Crippen LogP contribution in [0.5, 0.6) is 0 Å². The third-order valence-corrected chi connectivity index (χ3v) is 24.4. The number of primary amides is 5. The number of aliphatic imine (C=N–C) groups is 3. The Kier molecular flexibility index (Phi) is 28.8. The zero-order valence-electron chi connectivity index (χ0n) is 63.7. The van der Waals surface area contributed by atoms with E-state index in [9.17, 15) is 63.1 Å². The second-order valence-electron chi connectivity index (χ2n) is 31.1. The molecular weight excluding hydrogens is 1470 g/mol. The largest absolute Gasteiger partial charge is 2.00 e. The minimum absolute atomic E-state index is 0. The number of amides is 7. The summed E-state index contributed by atoms with van der Waals surface area (Å²) in [7, 11) is -5.35. The van der Waals surface area contributed by atoms with E-state index in [2.05, 4.69) is 25.9 Å². The van der Waals surface area contributed by atoms with Crippen molar-refractivity contribution in [2.75, 3.05) is 32.8 Å². The molecule has 6 aliphatic rings. The Bertz CT molecular complexity index is 4240. The van der Waals surface area contributed by atoms with Gasteiger partial charge in [-0.25, -0.2) is 4.98 Å². The predicted octanol–water partition coefficient (Wildman–Crippen LogP) is 4.02. The van der Waals surface area contributed by atoms with E-state index in [0.29, 0.717) is 88.0 Å². The quantitative estimate of drug-likeness (QED) is 0.0225. The van der Waals surface area contributed by atoms with Crippen molar-refractivity contribution in [1.82, 2.24) is 35.4 Å². The molecule has 15 atom stereocenters. The molecule has 6 aliphatic heterocycles. The maximum Gasteiger partial charge on any atom is 2.00 e. The number of hydrogen-bond acceptors (Lipinski definition) is 23. The molecule has 2 aromatic heterocycles. The maximum atomic E-state index is 14.6. The number of nitrogens with one attached hydrogen (secondary N) is 3. The van der Waals surface area contributed by atoms with Crippen molar-refractivity contribution < 1.29 is 93.7 Å². The first kappa shape index (κ1) is 87.8. The number of ether oxygens (including phenoxy) is 1. The van der Waals surface area contributed by atoms with Gasteiger partial charge in [0.2, 0.25) is 41.4 Å². The van der Waals surface area contributed by atoms with Gasteiger partial charge in [-0.15, -0.1) is 0 Å². The third kappa shape index (κ3) is 19.1. The number of allylic oxidation sites excluding steroid dienone is 6. The van der Waals surface area contributed by atoms with Gasteiger partial charge in [0.1, 0.15) is 18.3 Å². The van der Waals surface area contributed by atoms with Crippen LogP contribution in [0.1, 0.15) is 169 Å². The van der Waals surface area contributed by atoms with Crippen molar-refractivity contribution in [3.63, 3.8) is 0 Å². The van der Waals surface area contributed by atoms with E-state index < -0.39 is 143 Å². The molecule has 109 heavy (non-hydrogen) atoms. The average Bonchev–Trinajstić information content (AvgIpc) is 1.53. The van der Waals surface area contributed by atoms with Gasteiger partial charge in [-0.05, 0) is 139 Å². The van der Waals surface area contributed by atoms with Crippen LogP contribution in [0.2, 0.25) is 0 Å². The van der Waals surface area contributed by atoms with E-state index in [-0.39, 0.29) is 113 Å². The fourth-order valence-corrected chi connectivity index (χ4v) is 18.4.